The molecule has 2 aliphatic heterocycles. The Morgan fingerprint density at radius 1 is 0.783 bits per heavy atom. The summed E-state index contributed by atoms with van der Waals surface area (Å²) >= 11 is 0. The molecule has 2 atom stereocenters. The lowest BCUT2D eigenvalue weighted by Gasteiger charge is -2.39. The second-order valence-corrected chi connectivity index (χ2v) is 7.08. The Kier molecular flexibility index (Phi) is 4.45. The van der Waals surface area contributed by atoms with Crippen LogP contribution in [-0.2, 0) is 13.1 Å². The molecule has 2 heterocycles. The molecule has 2 nitrogen and oxygen atoms in total. The van der Waals surface area contributed by atoms with Gasteiger partial charge in [-0.05, 0) is 36.8 Å². The molecule has 120 valence electrons. The third-order valence-corrected chi connectivity index (χ3v) is 5.53. The van der Waals surface area contributed by atoms with Crippen LogP contribution >= 0.6 is 0 Å². The quantitative estimate of drug-likeness (QED) is 0.899. The normalized spacial score (nSPS) is 27.2. The molecule has 4 rings (SSSR count). The van der Waals surface area contributed by atoms with E-state index in [1.165, 1.54) is 36.8 Å². The number of nitrogens with zero attached hydrogens (tertiary/aromatic N) is 1. The van der Waals surface area contributed by atoms with Crippen molar-refractivity contribution in [1.82, 2.24) is 10.2 Å². The van der Waals surface area contributed by atoms with Gasteiger partial charge in [0, 0.05) is 31.2 Å². The van der Waals surface area contributed by atoms with Crippen molar-refractivity contribution in [2.45, 2.75) is 56.9 Å². The van der Waals surface area contributed by atoms with Crippen molar-refractivity contribution in [3.05, 3.63) is 71.8 Å². The van der Waals surface area contributed by atoms with Gasteiger partial charge in [-0.15, -0.1) is 0 Å². The number of fused-ring (bicyclic) bond motifs is 2. The van der Waals surface area contributed by atoms with Crippen molar-refractivity contribution in [2.75, 3.05) is 0 Å². The number of rotatable bonds is 5. The molecule has 0 saturated carbocycles. The summed E-state index contributed by atoms with van der Waals surface area (Å²) in [5.74, 6) is 0. The maximum absolute atomic E-state index is 3.80. The standard InChI is InChI=1S/C21H26N2/c1-3-7-17(8-4-1)15-22-19-13-20-11-12-21(14-19)23(20)16-18-9-5-2-6-10-18/h1-10,19-22H,11-16H2. The van der Waals surface area contributed by atoms with Gasteiger partial charge in [0.05, 0.1) is 0 Å². The van der Waals surface area contributed by atoms with Crippen LogP contribution in [0.2, 0.25) is 0 Å². The number of nitrogens with one attached hydrogen (secondary N) is 1. The molecule has 2 saturated heterocycles. The van der Waals surface area contributed by atoms with Crippen LogP contribution in [-0.4, -0.2) is 23.0 Å². The number of piperidine rings is 1. The third-order valence-electron chi connectivity index (χ3n) is 5.53. The van der Waals surface area contributed by atoms with Crippen LogP contribution in [0.5, 0.6) is 0 Å². The fourth-order valence-corrected chi connectivity index (χ4v) is 4.35. The largest absolute Gasteiger partial charge is 0.310 e. The average Bonchev–Trinajstić information content (AvgIpc) is 2.83. The SMILES string of the molecule is c1ccc(CNC2CC3CCC(C2)N3Cc2ccccc2)cc1. The summed E-state index contributed by atoms with van der Waals surface area (Å²) in [6.45, 7) is 2.13. The minimum atomic E-state index is 0.680. The van der Waals surface area contributed by atoms with Gasteiger partial charge in [-0.2, -0.15) is 0 Å². The Bertz CT molecular complexity index is 596. The fourth-order valence-electron chi connectivity index (χ4n) is 4.35. The molecule has 0 aliphatic carbocycles. The third kappa shape index (κ3) is 3.49. The van der Waals surface area contributed by atoms with Gasteiger partial charge in [-0.25, -0.2) is 0 Å². The van der Waals surface area contributed by atoms with Crippen molar-refractivity contribution in [3.63, 3.8) is 0 Å². The Morgan fingerprint density at radius 2 is 1.35 bits per heavy atom. The van der Waals surface area contributed by atoms with Crippen LogP contribution in [0.3, 0.4) is 0 Å². The molecule has 2 aromatic carbocycles. The highest BCUT2D eigenvalue weighted by molar-refractivity contribution is 5.16. The molecule has 2 fully saturated rings. The van der Waals surface area contributed by atoms with Gasteiger partial charge in [0.15, 0.2) is 0 Å². The van der Waals surface area contributed by atoms with Crippen LogP contribution in [0.4, 0.5) is 0 Å². The van der Waals surface area contributed by atoms with Crippen molar-refractivity contribution < 1.29 is 0 Å². The van der Waals surface area contributed by atoms with Crippen molar-refractivity contribution in [3.8, 4) is 0 Å². The summed E-state index contributed by atoms with van der Waals surface area (Å²) in [4.78, 5) is 2.76. The summed E-state index contributed by atoms with van der Waals surface area (Å²) in [7, 11) is 0. The smallest absolute Gasteiger partial charge is 0.0239 e. The Morgan fingerprint density at radius 3 is 1.96 bits per heavy atom. The lowest BCUT2D eigenvalue weighted by molar-refractivity contribution is 0.109. The highest BCUT2D eigenvalue weighted by Gasteiger charge is 2.40. The molecule has 23 heavy (non-hydrogen) atoms. The van der Waals surface area contributed by atoms with E-state index in [-0.39, 0.29) is 0 Å². The van der Waals surface area contributed by atoms with Crippen LogP contribution in [0.25, 0.3) is 0 Å². The van der Waals surface area contributed by atoms with Gasteiger partial charge in [0.2, 0.25) is 0 Å². The molecule has 2 aliphatic rings. The molecule has 0 amide bonds. The lowest BCUT2D eigenvalue weighted by atomic mass is 9.96. The van der Waals surface area contributed by atoms with Gasteiger partial charge in [-0.1, -0.05) is 60.7 Å². The van der Waals surface area contributed by atoms with E-state index in [1.807, 2.05) is 0 Å². The predicted octanol–water partition coefficient (Wildman–Crippen LogP) is 3.97. The monoisotopic (exact) mass is 306 g/mol. The summed E-state index contributed by atoms with van der Waals surface area (Å²) < 4.78 is 0. The van der Waals surface area contributed by atoms with Crippen molar-refractivity contribution in [1.29, 1.82) is 0 Å². The number of hydrogen-bond donors (Lipinski definition) is 1. The molecule has 0 aromatic heterocycles. The van der Waals surface area contributed by atoms with E-state index in [0.717, 1.165) is 25.2 Å². The lowest BCUT2D eigenvalue weighted by Crippen LogP contribution is -2.48. The fraction of sp³-hybridized carbons (Fsp3) is 0.429. The second kappa shape index (κ2) is 6.86. The molecule has 0 radical (unpaired) electrons. The minimum Gasteiger partial charge on any atom is -0.310 e. The van der Waals surface area contributed by atoms with Crippen LogP contribution in [0.15, 0.2) is 60.7 Å². The van der Waals surface area contributed by atoms with Gasteiger partial charge < -0.3 is 5.32 Å². The summed E-state index contributed by atoms with van der Waals surface area (Å²) in [6.07, 6.45) is 5.36. The first kappa shape index (κ1) is 14.9. The van der Waals surface area contributed by atoms with E-state index in [9.17, 15) is 0 Å². The zero-order valence-electron chi connectivity index (χ0n) is 13.7. The molecule has 2 heteroatoms. The van der Waals surface area contributed by atoms with E-state index in [2.05, 4.69) is 70.9 Å². The zero-order valence-corrected chi connectivity index (χ0v) is 13.7. The first-order valence-corrected chi connectivity index (χ1v) is 8.95. The Hall–Kier alpha value is -1.64. The maximum atomic E-state index is 3.80. The zero-order chi connectivity index (χ0) is 15.5. The van der Waals surface area contributed by atoms with Gasteiger partial charge in [0.25, 0.3) is 0 Å². The first-order valence-electron chi connectivity index (χ1n) is 8.95. The topological polar surface area (TPSA) is 15.3 Å². The summed E-state index contributed by atoms with van der Waals surface area (Å²) in [6, 6.07) is 23.9. The number of hydrogen-bond acceptors (Lipinski definition) is 2. The van der Waals surface area contributed by atoms with Crippen molar-refractivity contribution >= 4 is 0 Å². The predicted molar refractivity (Wildman–Crippen MR) is 95.1 cm³/mol. The molecule has 1 N–H and O–H groups in total. The highest BCUT2D eigenvalue weighted by atomic mass is 15.2. The van der Waals surface area contributed by atoms with Crippen molar-refractivity contribution in [2.24, 2.45) is 0 Å². The molecule has 2 bridgehead atoms. The molecule has 2 unspecified atom stereocenters. The molecular weight excluding hydrogens is 280 g/mol. The van der Waals surface area contributed by atoms with Crippen LogP contribution in [0, 0.1) is 0 Å². The first-order chi connectivity index (χ1) is 11.4. The molecule has 2 aromatic rings. The van der Waals surface area contributed by atoms with E-state index < -0.39 is 0 Å². The summed E-state index contributed by atoms with van der Waals surface area (Å²) in [5.41, 5.74) is 2.85. The van der Waals surface area contributed by atoms with Crippen LogP contribution in [0.1, 0.15) is 36.8 Å². The van der Waals surface area contributed by atoms with Crippen LogP contribution < -0.4 is 5.32 Å². The van der Waals surface area contributed by atoms with E-state index in [4.69, 9.17) is 0 Å². The second-order valence-electron chi connectivity index (χ2n) is 7.08. The Labute approximate surface area is 139 Å². The maximum Gasteiger partial charge on any atom is 0.0239 e. The molecule has 0 spiro atoms. The van der Waals surface area contributed by atoms with Gasteiger partial charge in [0.1, 0.15) is 0 Å². The minimum absolute atomic E-state index is 0.680. The van der Waals surface area contributed by atoms with E-state index in [1.54, 1.807) is 0 Å². The van der Waals surface area contributed by atoms with E-state index >= 15 is 0 Å². The molecular formula is C21H26N2. The summed E-state index contributed by atoms with van der Waals surface area (Å²) in [5, 5.41) is 3.80. The average molecular weight is 306 g/mol. The van der Waals surface area contributed by atoms with Gasteiger partial charge in [-0.3, -0.25) is 4.90 Å². The van der Waals surface area contributed by atoms with Gasteiger partial charge >= 0.3 is 0 Å². The highest BCUT2D eigenvalue weighted by Crippen LogP contribution is 2.36. The Balaban J connectivity index is 1.34. The number of benzene rings is 2. The van der Waals surface area contributed by atoms with E-state index in [0.29, 0.717) is 6.04 Å².